The molecule has 0 aliphatic heterocycles. The van der Waals surface area contributed by atoms with E-state index in [4.69, 9.17) is 11.5 Å². The van der Waals surface area contributed by atoms with Crippen LogP contribution >= 0.6 is 0 Å². The summed E-state index contributed by atoms with van der Waals surface area (Å²) in [6.45, 7) is 0. The fourth-order valence-electron chi connectivity index (χ4n) is 4.57. The van der Waals surface area contributed by atoms with Crippen molar-refractivity contribution in [2.45, 2.75) is 75.8 Å². The van der Waals surface area contributed by atoms with E-state index >= 15 is 0 Å². The quantitative estimate of drug-likeness (QED) is 0.739. The molecule has 2 rings (SSSR count). The van der Waals surface area contributed by atoms with Crippen molar-refractivity contribution >= 4 is 0 Å². The Kier molecular flexibility index (Phi) is 5.26. The Morgan fingerprint density at radius 2 is 0.783 bits per heavy atom. The van der Waals surface area contributed by atoms with Gasteiger partial charge in [-0.2, -0.15) is 26.3 Å². The number of hydrogen-bond donors (Lipinski definition) is 2. The van der Waals surface area contributed by atoms with Crippen molar-refractivity contribution in [1.29, 1.82) is 0 Å². The van der Waals surface area contributed by atoms with Gasteiger partial charge >= 0.3 is 12.4 Å². The number of halogens is 6. The van der Waals surface area contributed by atoms with Crippen LogP contribution in [0.25, 0.3) is 0 Å². The second kappa shape index (κ2) is 6.43. The van der Waals surface area contributed by atoms with Crippen molar-refractivity contribution in [2.75, 3.05) is 0 Å². The first-order valence-corrected chi connectivity index (χ1v) is 8.14. The predicted octanol–water partition coefficient (Wildman–Crippen LogP) is 4.13. The van der Waals surface area contributed by atoms with Crippen LogP contribution in [0, 0.1) is 17.3 Å². The highest BCUT2D eigenvalue weighted by Crippen LogP contribution is 2.64. The van der Waals surface area contributed by atoms with E-state index < -0.39 is 29.6 Å². The average molecular weight is 346 g/mol. The molecule has 4 N–H and O–H groups in total. The Labute approximate surface area is 132 Å². The van der Waals surface area contributed by atoms with Crippen LogP contribution in [0.5, 0.6) is 0 Å². The van der Waals surface area contributed by atoms with Crippen LogP contribution in [0.2, 0.25) is 0 Å². The van der Waals surface area contributed by atoms with E-state index in [1.165, 1.54) is 0 Å². The third kappa shape index (κ3) is 3.34. The zero-order valence-corrected chi connectivity index (χ0v) is 12.9. The van der Waals surface area contributed by atoms with Gasteiger partial charge in [0.15, 0.2) is 5.41 Å². The van der Waals surface area contributed by atoms with E-state index in [1.54, 1.807) is 0 Å². The lowest BCUT2D eigenvalue weighted by Crippen LogP contribution is -2.61. The van der Waals surface area contributed by atoms with Gasteiger partial charge in [0, 0.05) is 12.1 Å². The maximum absolute atomic E-state index is 13.9. The first-order valence-electron chi connectivity index (χ1n) is 8.14. The minimum absolute atomic E-state index is 0.122. The van der Waals surface area contributed by atoms with Gasteiger partial charge in [-0.3, -0.25) is 0 Å². The predicted molar refractivity (Wildman–Crippen MR) is 74.4 cm³/mol. The van der Waals surface area contributed by atoms with Crippen molar-refractivity contribution in [1.82, 2.24) is 0 Å². The van der Waals surface area contributed by atoms with Crippen LogP contribution in [0.15, 0.2) is 0 Å². The summed E-state index contributed by atoms with van der Waals surface area (Å²) in [6, 6.07) is -0.601. The van der Waals surface area contributed by atoms with E-state index in [-0.39, 0.29) is 63.5 Å². The normalized spacial score (nSPS) is 34.4. The summed E-state index contributed by atoms with van der Waals surface area (Å²) in [5.41, 5.74) is 7.73. The van der Waals surface area contributed by atoms with Gasteiger partial charge in [0.25, 0.3) is 0 Å². The minimum Gasteiger partial charge on any atom is -0.328 e. The Morgan fingerprint density at radius 3 is 1.00 bits per heavy atom. The molecule has 0 atom stereocenters. The molecule has 136 valence electrons. The maximum atomic E-state index is 13.9. The molecule has 0 amide bonds. The van der Waals surface area contributed by atoms with Crippen molar-refractivity contribution in [3.8, 4) is 0 Å². The molecule has 0 aromatic carbocycles. The molecular formula is C15H24F6N2. The molecule has 2 saturated carbocycles. The van der Waals surface area contributed by atoms with Gasteiger partial charge in [0.05, 0.1) is 0 Å². The molecule has 0 aromatic heterocycles. The molecule has 0 spiro atoms. The van der Waals surface area contributed by atoms with Crippen LogP contribution in [0.4, 0.5) is 26.3 Å². The van der Waals surface area contributed by atoms with Gasteiger partial charge in [0.2, 0.25) is 0 Å². The highest BCUT2D eigenvalue weighted by molar-refractivity contribution is 5.05. The zero-order chi connectivity index (χ0) is 17.5. The standard InChI is InChI=1S/C15H24F6N2/c16-14(17,18)13(15(19,20)21,9-1-5-11(22)6-2-9)10-3-7-12(23)8-4-10/h9-12H,1-8,22-23H2. The van der Waals surface area contributed by atoms with Crippen molar-refractivity contribution in [3.05, 3.63) is 0 Å². The molecule has 2 aliphatic rings. The summed E-state index contributed by atoms with van der Waals surface area (Å²) in [6.07, 6.45) is -10.3. The van der Waals surface area contributed by atoms with Gasteiger partial charge in [-0.25, -0.2) is 0 Å². The summed E-state index contributed by atoms with van der Waals surface area (Å²) >= 11 is 0. The van der Waals surface area contributed by atoms with Gasteiger partial charge in [-0.05, 0) is 63.2 Å². The molecule has 0 heterocycles. The summed E-state index contributed by atoms with van der Waals surface area (Å²) in [5, 5.41) is 0. The monoisotopic (exact) mass is 346 g/mol. The van der Waals surface area contributed by atoms with E-state index in [9.17, 15) is 26.3 Å². The third-order valence-corrected chi connectivity index (χ3v) is 5.77. The number of rotatable bonds is 2. The zero-order valence-electron chi connectivity index (χ0n) is 12.9. The molecule has 0 bridgehead atoms. The summed E-state index contributed by atoms with van der Waals surface area (Å²) in [7, 11) is 0. The highest BCUT2D eigenvalue weighted by Gasteiger charge is 2.76. The lowest BCUT2D eigenvalue weighted by Gasteiger charge is -2.51. The Hall–Kier alpha value is -0.500. The first-order chi connectivity index (χ1) is 10.5. The lowest BCUT2D eigenvalue weighted by molar-refractivity contribution is -0.381. The summed E-state index contributed by atoms with van der Waals surface area (Å²) < 4.78 is 83.1. The van der Waals surface area contributed by atoms with Gasteiger partial charge in [-0.15, -0.1) is 0 Å². The van der Waals surface area contributed by atoms with Crippen molar-refractivity contribution < 1.29 is 26.3 Å². The number of alkyl halides is 6. The van der Waals surface area contributed by atoms with E-state index in [2.05, 4.69) is 0 Å². The van der Waals surface area contributed by atoms with Crippen molar-refractivity contribution in [2.24, 2.45) is 28.7 Å². The van der Waals surface area contributed by atoms with Gasteiger partial charge in [0.1, 0.15) is 0 Å². The largest absolute Gasteiger partial charge is 0.403 e. The molecule has 0 saturated heterocycles. The first kappa shape index (κ1) is 18.8. The van der Waals surface area contributed by atoms with E-state index in [0.717, 1.165) is 0 Å². The van der Waals surface area contributed by atoms with E-state index in [1.807, 2.05) is 0 Å². The molecule has 23 heavy (non-hydrogen) atoms. The third-order valence-electron chi connectivity index (χ3n) is 5.77. The van der Waals surface area contributed by atoms with E-state index in [0.29, 0.717) is 0 Å². The molecule has 0 aromatic rings. The molecule has 0 radical (unpaired) electrons. The highest BCUT2D eigenvalue weighted by atomic mass is 19.4. The van der Waals surface area contributed by atoms with Crippen molar-refractivity contribution in [3.63, 3.8) is 0 Å². The molecule has 2 aliphatic carbocycles. The van der Waals surface area contributed by atoms with Crippen LogP contribution in [-0.4, -0.2) is 24.4 Å². The van der Waals surface area contributed by atoms with Crippen LogP contribution < -0.4 is 11.5 Å². The minimum atomic E-state index is -5.32. The molecule has 2 fully saturated rings. The second-order valence-corrected chi connectivity index (χ2v) is 7.09. The smallest absolute Gasteiger partial charge is 0.328 e. The van der Waals surface area contributed by atoms with Crippen LogP contribution in [0.3, 0.4) is 0 Å². The fourth-order valence-corrected chi connectivity index (χ4v) is 4.57. The van der Waals surface area contributed by atoms with Crippen LogP contribution in [-0.2, 0) is 0 Å². The lowest BCUT2D eigenvalue weighted by atomic mass is 9.57. The summed E-state index contributed by atoms with van der Waals surface area (Å²) in [4.78, 5) is 0. The molecule has 2 nitrogen and oxygen atoms in total. The Bertz CT molecular complexity index is 352. The maximum Gasteiger partial charge on any atom is 0.403 e. The second-order valence-electron chi connectivity index (χ2n) is 7.09. The Morgan fingerprint density at radius 1 is 0.522 bits per heavy atom. The van der Waals surface area contributed by atoms with Gasteiger partial charge < -0.3 is 11.5 Å². The van der Waals surface area contributed by atoms with Gasteiger partial charge in [-0.1, -0.05) is 0 Å². The van der Waals surface area contributed by atoms with Crippen LogP contribution in [0.1, 0.15) is 51.4 Å². The molecule has 0 unspecified atom stereocenters. The Balaban J connectivity index is 2.43. The number of nitrogens with two attached hydrogens (primary N) is 2. The average Bonchev–Trinajstić information content (AvgIpc) is 2.40. The SMILES string of the molecule is NC1CCC(C(C2CCC(N)CC2)(C(F)(F)F)C(F)(F)F)CC1. The molecular weight excluding hydrogens is 322 g/mol. The number of hydrogen-bond acceptors (Lipinski definition) is 2. The summed E-state index contributed by atoms with van der Waals surface area (Å²) in [5.74, 6) is -2.89. The fraction of sp³-hybridized carbons (Fsp3) is 1.00. The topological polar surface area (TPSA) is 52.0 Å². The molecule has 8 heteroatoms.